The van der Waals surface area contributed by atoms with Crippen LogP contribution in [0.2, 0.25) is 0 Å². The normalized spacial score (nSPS) is 9.71. The van der Waals surface area contributed by atoms with Crippen molar-refractivity contribution in [2.75, 3.05) is 19.0 Å². The van der Waals surface area contributed by atoms with Gasteiger partial charge in [-0.05, 0) is 13.8 Å². The summed E-state index contributed by atoms with van der Waals surface area (Å²) in [6.07, 6.45) is 4.02. The van der Waals surface area contributed by atoms with Crippen LogP contribution in [0.5, 0.6) is 5.88 Å². The Kier molecular flexibility index (Phi) is 3.56. The Hall–Kier alpha value is -1.45. The topological polar surface area (TPSA) is 39.1 Å². The number of nitrogens with one attached hydrogen (secondary N) is 1. The van der Waals surface area contributed by atoms with Gasteiger partial charge in [-0.15, -0.1) is 5.10 Å². The summed E-state index contributed by atoms with van der Waals surface area (Å²) in [6, 6.07) is 0. The van der Waals surface area contributed by atoms with Crippen molar-refractivity contribution in [3.8, 4) is 5.88 Å². The second kappa shape index (κ2) is 4.69. The number of aryl methyl sites for hydroxylation is 1. The molecule has 0 spiro atoms. The van der Waals surface area contributed by atoms with Crippen molar-refractivity contribution in [2.24, 2.45) is 7.05 Å². The van der Waals surface area contributed by atoms with Gasteiger partial charge in [0.1, 0.15) is 5.69 Å². The molecule has 0 amide bonds. The molecule has 4 nitrogen and oxygen atoms in total. The highest BCUT2D eigenvalue weighted by molar-refractivity contribution is 5.51. The maximum Gasteiger partial charge on any atom is 0.256 e. The lowest BCUT2D eigenvalue weighted by Gasteiger charge is -2.01. The van der Waals surface area contributed by atoms with Crippen molar-refractivity contribution in [1.82, 2.24) is 9.78 Å². The molecule has 0 saturated carbocycles. The molecule has 1 heterocycles. The molecule has 0 aliphatic heterocycles. The number of rotatable bonds is 4. The van der Waals surface area contributed by atoms with Crippen LogP contribution in [-0.2, 0) is 7.05 Å². The molecule has 0 aromatic carbocycles. The Morgan fingerprint density at radius 1 is 1.64 bits per heavy atom. The van der Waals surface area contributed by atoms with E-state index in [4.69, 9.17) is 4.74 Å². The van der Waals surface area contributed by atoms with Gasteiger partial charge in [-0.2, -0.15) is 0 Å². The number of hydrogen-bond acceptors (Lipinski definition) is 3. The van der Waals surface area contributed by atoms with Crippen LogP contribution in [0.15, 0.2) is 17.8 Å². The Labute approximate surface area is 84.6 Å². The lowest BCUT2D eigenvalue weighted by Crippen LogP contribution is -1.99. The van der Waals surface area contributed by atoms with Gasteiger partial charge in [0.2, 0.25) is 0 Å². The van der Waals surface area contributed by atoms with Crippen LogP contribution in [0.25, 0.3) is 0 Å². The fraction of sp³-hybridized carbons (Fsp3) is 0.500. The lowest BCUT2D eigenvalue weighted by atomic mass is 10.3. The minimum Gasteiger partial charge on any atom is -0.478 e. The summed E-state index contributed by atoms with van der Waals surface area (Å²) in [5.41, 5.74) is 2.22. The van der Waals surface area contributed by atoms with Gasteiger partial charge in [0, 0.05) is 13.6 Å². The molecule has 0 atom stereocenters. The fourth-order valence-electron chi connectivity index (χ4n) is 1.11. The predicted octanol–water partition coefficient (Wildman–Crippen LogP) is 1.81. The van der Waals surface area contributed by atoms with Gasteiger partial charge < -0.3 is 10.1 Å². The van der Waals surface area contributed by atoms with E-state index in [9.17, 15) is 0 Å². The Bertz CT molecular complexity index is 324. The van der Waals surface area contributed by atoms with Crippen molar-refractivity contribution in [3.05, 3.63) is 17.8 Å². The number of hydrogen-bond donors (Lipinski definition) is 1. The second-order valence-electron chi connectivity index (χ2n) is 3.39. The summed E-state index contributed by atoms with van der Waals surface area (Å²) < 4.78 is 6.83. The predicted molar refractivity (Wildman–Crippen MR) is 57.7 cm³/mol. The Morgan fingerprint density at radius 3 is 2.93 bits per heavy atom. The van der Waals surface area contributed by atoms with Crippen molar-refractivity contribution >= 4 is 5.69 Å². The van der Waals surface area contributed by atoms with E-state index in [1.54, 1.807) is 11.8 Å². The van der Waals surface area contributed by atoms with Gasteiger partial charge in [0.05, 0.1) is 13.3 Å². The van der Waals surface area contributed by atoms with Crippen molar-refractivity contribution < 1.29 is 4.74 Å². The summed E-state index contributed by atoms with van der Waals surface area (Å²) in [7, 11) is 3.49. The Morgan fingerprint density at radius 2 is 2.36 bits per heavy atom. The average Bonchev–Trinajstić information content (AvgIpc) is 2.45. The van der Waals surface area contributed by atoms with E-state index >= 15 is 0 Å². The van der Waals surface area contributed by atoms with Crippen LogP contribution < -0.4 is 10.1 Å². The number of ether oxygens (including phenoxy) is 1. The molecule has 0 saturated heterocycles. The molecular weight excluding hydrogens is 178 g/mol. The highest BCUT2D eigenvalue weighted by Gasteiger charge is 2.05. The first-order valence-electron chi connectivity index (χ1n) is 4.58. The van der Waals surface area contributed by atoms with Crippen LogP contribution in [0.1, 0.15) is 13.8 Å². The summed E-state index contributed by atoms with van der Waals surface area (Å²) in [4.78, 5) is 0. The fourth-order valence-corrected chi connectivity index (χ4v) is 1.11. The highest BCUT2D eigenvalue weighted by atomic mass is 16.5. The van der Waals surface area contributed by atoms with Crippen molar-refractivity contribution in [3.63, 3.8) is 0 Å². The van der Waals surface area contributed by atoms with Crippen LogP contribution in [0.4, 0.5) is 5.69 Å². The SMILES string of the molecule is COc1nn(C)cc1NCC=C(C)C. The molecule has 4 heteroatoms. The zero-order chi connectivity index (χ0) is 10.6. The summed E-state index contributed by atoms with van der Waals surface area (Å²) in [6.45, 7) is 4.94. The third kappa shape index (κ3) is 2.80. The third-order valence-electron chi connectivity index (χ3n) is 1.79. The first-order chi connectivity index (χ1) is 6.63. The molecular formula is C10H17N3O. The van der Waals surface area contributed by atoms with E-state index in [1.165, 1.54) is 5.57 Å². The molecule has 1 N–H and O–H groups in total. The third-order valence-corrected chi connectivity index (χ3v) is 1.79. The van der Waals surface area contributed by atoms with Gasteiger partial charge in [-0.25, -0.2) is 0 Å². The van der Waals surface area contributed by atoms with E-state index in [-0.39, 0.29) is 0 Å². The highest BCUT2D eigenvalue weighted by Crippen LogP contribution is 2.20. The largest absolute Gasteiger partial charge is 0.478 e. The van der Waals surface area contributed by atoms with Gasteiger partial charge in [0.15, 0.2) is 0 Å². The quantitative estimate of drug-likeness (QED) is 0.745. The van der Waals surface area contributed by atoms with Crippen LogP contribution >= 0.6 is 0 Å². The number of nitrogens with zero attached hydrogens (tertiary/aromatic N) is 2. The van der Waals surface area contributed by atoms with Crippen LogP contribution in [0.3, 0.4) is 0 Å². The smallest absolute Gasteiger partial charge is 0.256 e. The number of methoxy groups -OCH3 is 1. The van der Waals surface area contributed by atoms with E-state index < -0.39 is 0 Å². The van der Waals surface area contributed by atoms with Gasteiger partial charge in [-0.1, -0.05) is 11.6 Å². The van der Waals surface area contributed by atoms with Crippen LogP contribution in [-0.4, -0.2) is 23.4 Å². The average molecular weight is 195 g/mol. The molecule has 1 aromatic heterocycles. The number of anilines is 1. The molecule has 1 rings (SSSR count). The minimum atomic E-state index is 0.634. The molecule has 1 aromatic rings. The summed E-state index contributed by atoms with van der Waals surface area (Å²) >= 11 is 0. The monoisotopic (exact) mass is 195 g/mol. The zero-order valence-corrected chi connectivity index (χ0v) is 9.16. The molecule has 0 fully saturated rings. The Balaban J connectivity index is 2.61. The van der Waals surface area contributed by atoms with Gasteiger partial charge >= 0.3 is 0 Å². The van der Waals surface area contributed by atoms with Crippen molar-refractivity contribution in [1.29, 1.82) is 0 Å². The van der Waals surface area contributed by atoms with Crippen LogP contribution in [0, 0.1) is 0 Å². The van der Waals surface area contributed by atoms with Gasteiger partial charge in [-0.3, -0.25) is 4.68 Å². The minimum absolute atomic E-state index is 0.634. The molecule has 14 heavy (non-hydrogen) atoms. The standard InChI is InChI=1S/C10H17N3O/c1-8(2)5-6-11-9-7-13(3)12-10(9)14-4/h5,7,11H,6H2,1-4H3. The first kappa shape index (κ1) is 10.6. The molecule has 0 aliphatic carbocycles. The van der Waals surface area contributed by atoms with E-state index in [1.807, 2.05) is 13.2 Å². The number of allylic oxidation sites excluding steroid dienone is 1. The molecule has 0 unspecified atom stereocenters. The summed E-state index contributed by atoms with van der Waals surface area (Å²) in [5.74, 6) is 0.634. The number of aromatic nitrogens is 2. The summed E-state index contributed by atoms with van der Waals surface area (Å²) in [5, 5.41) is 7.37. The van der Waals surface area contributed by atoms with E-state index in [2.05, 4.69) is 30.3 Å². The first-order valence-corrected chi connectivity index (χ1v) is 4.58. The maximum absolute atomic E-state index is 5.11. The van der Waals surface area contributed by atoms with Crippen molar-refractivity contribution in [2.45, 2.75) is 13.8 Å². The molecule has 78 valence electrons. The molecule has 0 bridgehead atoms. The molecule has 0 radical (unpaired) electrons. The van der Waals surface area contributed by atoms with E-state index in [0.717, 1.165) is 12.2 Å². The van der Waals surface area contributed by atoms with E-state index in [0.29, 0.717) is 5.88 Å². The lowest BCUT2D eigenvalue weighted by molar-refractivity contribution is 0.393. The van der Waals surface area contributed by atoms with Gasteiger partial charge in [0.25, 0.3) is 5.88 Å². The maximum atomic E-state index is 5.11. The second-order valence-corrected chi connectivity index (χ2v) is 3.39. The molecule has 0 aliphatic rings. The zero-order valence-electron chi connectivity index (χ0n) is 9.16.